The molecule has 0 aromatic heterocycles. The normalized spacial score (nSPS) is 14.1. The number of benzene rings is 1. The van der Waals surface area contributed by atoms with Gasteiger partial charge < -0.3 is 4.90 Å². The van der Waals surface area contributed by atoms with Crippen LogP contribution in [0.3, 0.4) is 0 Å². The zero-order valence-corrected chi connectivity index (χ0v) is 13.1. The third-order valence-corrected chi connectivity index (χ3v) is 3.41. The molecule has 100 valence electrons. The van der Waals surface area contributed by atoms with Gasteiger partial charge in [-0.3, -0.25) is 4.79 Å². The fourth-order valence-electron chi connectivity index (χ4n) is 2.01. The van der Waals surface area contributed by atoms with Crippen molar-refractivity contribution < 1.29 is 4.79 Å². The summed E-state index contributed by atoms with van der Waals surface area (Å²) in [7, 11) is 0. The van der Waals surface area contributed by atoms with Crippen LogP contribution in [0.2, 0.25) is 0 Å². The van der Waals surface area contributed by atoms with Crippen LogP contribution >= 0.6 is 15.9 Å². The summed E-state index contributed by atoms with van der Waals surface area (Å²) in [6.45, 7) is 7.59. The van der Waals surface area contributed by atoms with Gasteiger partial charge in [-0.15, -0.1) is 0 Å². The molecule has 0 N–H and O–H groups in total. The van der Waals surface area contributed by atoms with Crippen molar-refractivity contribution in [2.24, 2.45) is 0 Å². The highest BCUT2D eigenvalue weighted by atomic mass is 79.9. The Labute approximate surface area is 119 Å². The molecule has 0 atom stereocenters. The van der Waals surface area contributed by atoms with Crippen LogP contribution in [0.5, 0.6) is 0 Å². The fraction of sp³-hybridized carbons (Fsp3) is 0.533. The summed E-state index contributed by atoms with van der Waals surface area (Å²) in [5, 5.41) is 0. The molecule has 0 spiro atoms. The molecule has 0 unspecified atom stereocenters. The molecule has 1 amide bonds. The molecule has 1 aromatic carbocycles. The van der Waals surface area contributed by atoms with Gasteiger partial charge in [0, 0.05) is 24.5 Å². The van der Waals surface area contributed by atoms with Crippen LogP contribution in [-0.2, 0) is 17.6 Å². The third kappa shape index (κ3) is 4.45. The van der Waals surface area contributed by atoms with Crippen molar-refractivity contribution in [3.05, 3.63) is 33.8 Å². The van der Waals surface area contributed by atoms with E-state index < -0.39 is 0 Å². The number of carbonyl (C=O) groups excluding carboxylic acids is 1. The van der Waals surface area contributed by atoms with E-state index in [0.717, 1.165) is 30.4 Å². The standard InChI is InChI=1S/C12H14BrNO.C3H8/c1-9(15)14-6-4-10-2-3-12(13)8-11(10)5-7-14;1-3-2/h2-3,8H,4-7H2,1H3;3H2,1-2H3. The van der Waals surface area contributed by atoms with Crippen molar-refractivity contribution in [3.8, 4) is 0 Å². The summed E-state index contributed by atoms with van der Waals surface area (Å²) in [5.74, 6) is 0.182. The third-order valence-electron chi connectivity index (χ3n) is 2.92. The minimum atomic E-state index is 0.182. The number of carbonyl (C=O) groups is 1. The highest BCUT2D eigenvalue weighted by Gasteiger charge is 2.15. The van der Waals surface area contributed by atoms with Crippen molar-refractivity contribution in [3.63, 3.8) is 0 Å². The maximum Gasteiger partial charge on any atom is 0.219 e. The Bertz CT molecular complexity index is 403. The smallest absolute Gasteiger partial charge is 0.219 e. The number of amides is 1. The van der Waals surface area contributed by atoms with Crippen molar-refractivity contribution in [2.45, 2.75) is 40.0 Å². The van der Waals surface area contributed by atoms with Gasteiger partial charge in [-0.1, -0.05) is 42.3 Å². The minimum Gasteiger partial charge on any atom is -0.342 e. The van der Waals surface area contributed by atoms with E-state index in [1.54, 1.807) is 6.92 Å². The van der Waals surface area contributed by atoms with Gasteiger partial charge in [0.1, 0.15) is 0 Å². The van der Waals surface area contributed by atoms with Crippen molar-refractivity contribution in [1.82, 2.24) is 4.90 Å². The Morgan fingerprint density at radius 3 is 2.33 bits per heavy atom. The fourth-order valence-corrected chi connectivity index (χ4v) is 2.42. The number of fused-ring (bicyclic) bond motifs is 1. The first-order valence-electron chi connectivity index (χ1n) is 6.61. The molecule has 2 nitrogen and oxygen atoms in total. The topological polar surface area (TPSA) is 20.3 Å². The number of halogens is 1. The lowest BCUT2D eigenvalue weighted by Gasteiger charge is -2.17. The molecule has 0 saturated carbocycles. The van der Waals surface area contributed by atoms with Gasteiger partial charge in [-0.2, -0.15) is 0 Å². The molecule has 0 radical (unpaired) electrons. The van der Waals surface area contributed by atoms with Crippen LogP contribution in [0.1, 0.15) is 38.3 Å². The second-order valence-corrected chi connectivity index (χ2v) is 5.54. The molecule has 1 heterocycles. The zero-order chi connectivity index (χ0) is 13.5. The molecule has 0 saturated heterocycles. The van der Waals surface area contributed by atoms with Gasteiger partial charge in [-0.05, 0) is 36.1 Å². The molecular formula is C15H22BrNO. The van der Waals surface area contributed by atoms with E-state index >= 15 is 0 Å². The SMILES string of the molecule is CC(=O)N1CCc2ccc(Br)cc2CC1.CCC. The van der Waals surface area contributed by atoms with Gasteiger partial charge in [0.15, 0.2) is 0 Å². The summed E-state index contributed by atoms with van der Waals surface area (Å²) in [6.07, 6.45) is 3.19. The lowest BCUT2D eigenvalue weighted by atomic mass is 10.0. The van der Waals surface area contributed by atoms with E-state index in [1.807, 2.05) is 4.90 Å². The first-order chi connectivity index (χ1) is 8.58. The molecule has 0 aliphatic carbocycles. The van der Waals surface area contributed by atoms with E-state index in [4.69, 9.17) is 0 Å². The van der Waals surface area contributed by atoms with Crippen molar-refractivity contribution in [2.75, 3.05) is 13.1 Å². The second-order valence-electron chi connectivity index (χ2n) is 4.63. The summed E-state index contributed by atoms with van der Waals surface area (Å²) in [4.78, 5) is 13.2. The Kier molecular flexibility index (Phi) is 6.41. The molecule has 1 aliphatic heterocycles. The van der Waals surface area contributed by atoms with E-state index in [-0.39, 0.29) is 5.91 Å². The first-order valence-corrected chi connectivity index (χ1v) is 7.40. The Morgan fingerprint density at radius 1 is 1.22 bits per heavy atom. The van der Waals surface area contributed by atoms with Crippen LogP contribution in [0.15, 0.2) is 22.7 Å². The molecule has 2 rings (SSSR count). The average Bonchev–Trinajstić information content (AvgIpc) is 2.52. The zero-order valence-electron chi connectivity index (χ0n) is 11.5. The summed E-state index contributed by atoms with van der Waals surface area (Å²) >= 11 is 3.48. The van der Waals surface area contributed by atoms with Gasteiger partial charge in [0.05, 0.1) is 0 Å². The van der Waals surface area contributed by atoms with Crippen LogP contribution in [0, 0.1) is 0 Å². The average molecular weight is 312 g/mol. The predicted octanol–water partition coefficient (Wildman–Crippen LogP) is 3.81. The van der Waals surface area contributed by atoms with Crippen molar-refractivity contribution in [1.29, 1.82) is 0 Å². The van der Waals surface area contributed by atoms with E-state index in [9.17, 15) is 4.79 Å². The molecule has 3 heteroatoms. The van der Waals surface area contributed by atoms with Gasteiger partial charge in [0.2, 0.25) is 5.91 Å². The van der Waals surface area contributed by atoms with E-state index in [2.05, 4.69) is 48.0 Å². The number of hydrogen-bond donors (Lipinski definition) is 0. The second kappa shape index (κ2) is 7.57. The summed E-state index contributed by atoms with van der Waals surface area (Å²) in [5.41, 5.74) is 2.75. The Balaban J connectivity index is 0.000000492. The minimum absolute atomic E-state index is 0.182. The monoisotopic (exact) mass is 311 g/mol. The van der Waals surface area contributed by atoms with E-state index in [1.165, 1.54) is 17.5 Å². The van der Waals surface area contributed by atoms with Gasteiger partial charge in [-0.25, -0.2) is 0 Å². The molecule has 0 fully saturated rings. The molecular weight excluding hydrogens is 290 g/mol. The first kappa shape index (κ1) is 15.2. The van der Waals surface area contributed by atoms with Gasteiger partial charge in [0.25, 0.3) is 0 Å². The molecule has 1 aliphatic rings. The number of nitrogens with zero attached hydrogens (tertiary/aromatic N) is 1. The highest BCUT2D eigenvalue weighted by Crippen LogP contribution is 2.20. The lowest BCUT2D eigenvalue weighted by molar-refractivity contribution is -0.128. The van der Waals surface area contributed by atoms with Crippen LogP contribution in [0.4, 0.5) is 0 Å². The molecule has 0 bridgehead atoms. The number of rotatable bonds is 0. The maximum atomic E-state index is 11.3. The summed E-state index contributed by atoms with van der Waals surface area (Å²) < 4.78 is 1.12. The Morgan fingerprint density at radius 2 is 1.78 bits per heavy atom. The highest BCUT2D eigenvalue weighted by molar-refractivity contribution is 9.10. The lowest BCUT2D eigenvalue weighted by Crippen LogP contribution is -2.30. The quantitative estimate of drug-likeness (QED) is 0.713. The Hall–Kier alpha value is -0.830. The largest absolute Gasteiger partial charge is 0.342 e. The van der Waals surface area contributed by atoms with Crippen molar-refractivity contribution >= 4 is 21.8 Å². The predicted molar refractivity (Wildman–Crippen MR) is 79.8 cm³/mol. The van der Waals surface area contributed by atoms with E-state index in [0.29, 0.717) is 0 Å². The molecule has 18 heavy (non-hydrogen) atoms. The van der Waals surface area contributed by atoms with Crippen LogP contribution < -0.4 is 0 Å². The van der Waals surface area contributed by atoms with Crippen LogP contribution in [-0.4, -0.2) is 23.9 Å². The maximum absolute atomic E-state index is 11.3. The summed E-state index contributed by atoms with van der Waals surface area (Å²) in [6, 6.07) is 6.39. The number of hydrogen-bond acceptors (Lipinski definition) is 1. The van der Waals surface area contributed by atoms with Crippen LogP contribution in [0.25, 0.3) is 0 Å². The van der Waals surface area contributed by atoms with Gasteiger partial charge >= 0.3 is 0 Å². The molecule has 1 aromatic rings.